The summed E-state index contributed by atoms with van der Waals surface area (Å²) >= 11 is 0. The zero-order chi connectivity index (χ0) is 15.7. The fourth-order valence-corrected chi connectivity index (χ4v) is 1.53. The lowest BCUT2D eigenvalue weighted by molar-refractivity contribution is -0.117. The van der Waals surface area contributed by atoms with Crippen molar-refractivity contribution in [2.75, 3.05) is 6.61 Å². The van der Waals surface area contributed by atoms with Gasteiger partial charge in [-0.1, -0.05) is 31.7 Å². The molecule has 1 aromatic rings. The summed E-state index contributed by atoms with van der Waals surface area (Å²) in [6.07, 6.45) is 4.05. The Hall–Kier alpha value is -2.54. The lowest BCUT2D eigenvalue weighted by atomic mass is 10.1. The third kappa shape index (κ3) is 5.53. The van der Waals surface area contributed by atoms with Crippen molar-refractivity contribution in [3.8, 4) is 11.8 Å². The second-order valence-electron chi connectivity index (χ2n) is 4.62. The molecule has 0 radical (unpaired) electrons. The molecule has 0 aromatic heterocycles. The lowest BCUT2D eigenvalue weighted by Gasteiger charge is -2.10. The van der Waals surface area contributed by atoms with Crippen LogP contribution >= 0.6 is 0 Å². The Balaban J connectivity index is 2.81. The van der Waals surface area contributed by atoms with E-state index in [9.17, 15) is 4.79 Å². The van der Waals surface area contributed by atoms with Crippen LogP contribution in [0.2, 0.25) is 0 Å². The SMILES string of the molecule is C=CCOc1ccc(/C=C(\C#N)C(=O)N[C@H](C)CC)cc1. The molecule has 4 heteroatoms. The smallest absolute Gasteiger partial charge is 0.262 e. The van der Waals surface area contributed by atoms with E-state index in [0.717, 1.165) is 17.7 Å². The molecule has 1 aromatic carbocycles. The Bertz CT molecular complexity index is 553. The summed E-state index contributed by atoms with van der Waals surface area (Å²) < 4.78 is 5.37. The molecule has 0 aliphatic carbocycles. The number of ether oxygens (including phenoxy) is 1. The van der Waals surface area contributed by atoms with E-state index in [2.05, 4.69) is 11.9 Å². The highest BCUT2D eigenvalue weighted by Gasteiger charge is 2.11. The summed E-state index contributed by atoms with van der Waals surface area (Å²) in [5.74, 6) is 0.369. The summed E-state index contributed by atoms with van der Waals surface area (Å²) in [5, 5.41) is 11.9. The molecular weight excluding hydrogens is 264 g/mol. The maximum Gasteiger partial charge on any atom is 0.262 e. The average molecular weight is 284 g/mol. The van der Waals surface area contributed by atoms with Gasteiger partial charge in [0.15, 0.2) is 0 Å². The van der Waals surface area contributed by atoms with Crippen molar-refractivity contribution in [2.45, 2.75) is 26.3 Å². The quantitative estimate of drug-likeness (QED) is 0.475. The summed E-state index contributed by atoms with van der Waals surface area (Å²) in [7, 11) is 0. The highest BCUT2D eigenvalue weighted by atomic mass is 16.5. The minimum absolute atomic E-state index is 0.0453. The lowest BCUT2D eigenvalue weighted by Crippen LogP contribution is -2.32. The monoisotopic (exact) mass is 284 g/mol. The van der Waals surface area contributed by atoms with Gasteiger partial charge in [-0.05, 0) is 37.1 Å². The zero-order valence-electron chi connectivity index (χ0n) is 12.4. The molecule has 0 saturated heterocycles. The molecular formula is C17H20N2O2. The van der Waals surface area contributed by atoms with E-state index in [4.69, 9.17) is 10.00 Å². The van der Waals surface area contributed by atoms with Gasteiger partial charge in [-0.15, -0.1) is 0 Å². The molecule has 0 fully saturated rings. The van der Waals surface area contributed by atoms with Crippen LogP contribution in [0.4, 0.5) is 0 Å². The fraction of sp³-hybridized carbons (Fsp3) is 0.294. The number of rotatable bonds is 7. The van der Waals surface area contributed by atoms with Crippen molar-refractivity contribution in [1.82, 2.24) is 5.32 Å². The number of nitriles is 1. The van der Waals surface area contributed by atoms with Gasteiger partial charge in [0.25, 0.3) is 5.91 Å². The first kappa shape index (κ1) is 16.5. The van der Waals surface area contributed by atoms with Crippen molar-refractivity contribution >= 4 is 12.0 Å². The number of benzene rings is 1. The molecule has 1 N–H and O–H groups in total. The Kier molecular flexibility index (Phi) is 6.76. The summed E-state index contributed by atoms with van der Waals surface area (Å²) in [6.45, 7) is 7.90. The minimum Gasteiger partial charge on any atom is -0.490 e. The second kappa shape index (κ2) is 8.60. The van der Waals surface area contributed by atoms with Crippen LogP contribution in [0.25, 0.3) is 6.08 Å². The number of nitrogens with one attached hydrogen (secondary N) is 1. The van der Waals surface area contributed by atoms with Gasteiger partial charge in [-0.25, -0.2) is 0 Å². The Labute approximate surface area is 125 Å². The number of carbonyl (C=O) groups is 1. The molecule has 1 rings (SSSR count). The third-order valence-electron chi connectivity index (χ3n) is 2.91. The largest absolute Gasteiger partial charge is 0.490 e. The van der Waals surface area contributed by atoms with Gasteiger partial charge in [0, 0.05) is 6.04 Å². The van der Waals surface area contributed by atoms with Gasteiger partial charge in [0.05, 0.1) is 0 Å². The second-order valence-corrected chi connectivity index (χ2v) is 4.62. The first-order chi connectivity index (χ1) is 10.1. The van der Waals surface area contributed by atoms with Crippen LogP contribution in [0, 0.1) is 11.3 Å². The topological polar surface area (TPSA) is 62.1 Å². The van der Waals surface area contributed by atoms with Crippen molar-refractivity contribution in [3.05, 3.63) is 48.1 Å². The molecule has 4 nitrogen and oxygen atoms in total. The molecule has 0 spiro atoms. The Morgan fingerprint density at radius 2 is 2.14 bits per heavy atom. The predicted molar refractivity (Wildman–Crippen MR) is 83.6 cm³/mol. The van der Waals surface area contributed by atoms with Crippen LogP contribution in [0.1, 0.15) is 25.8 Å². The maximum absolute atomic E-state index is 11.9. The van der Waals surface area contributed by atoms with Crippen LogP contribution < -0.4 is 10.1 Å². The molecule has 0 saturated carbocycles. The molecule has 1 atom stereocenters. The van der Waals surface area contributed by atoms with E-state index in [-0.39, 0.29) is 17.5 Å². The van der Waals surface area contributed by atoms with Crippen LogP contribution in [-0.4, -0.2) is 18.6 Å². The van der Waals surface area contributed by atoms with E-state index >= 15 is 0 Å². The normalized spacial score (nSPS) is 12.1. The number of amides is 1. The van der Waals surface area contributed by atoms with Crippen LogP contribution in [0.15, 0.2) is 42.5 Å². The van der Waals surface area contributed by atoms with Crippen molar-refractivity contribution < 1.29 is 9.53 Å². The fourth-order valence-electron chi connectivity index (χ4n) is 1.53. The minimum atomic E-state index is -0.348. The Morgan fingerprint density at radius 3 is 2.67 bits per heavy atom. The average Bonchev–Trinajstić information content (AvgIpc) is 2.51. The predicted octanol–water partition coefficient (Wildman–Crippen LogP) is 3.07. The van der Waals surface area contributed by atoms with E-state index in [1.54, 1.807) is 36.4 Å². The molecule has 0 bridgehead atoms. The number of hydrogen-bond acceptors (Lipinski definition) is 3. The standard InChI is InChI=1S/C17H20N2O2/c1-4-10-21-16-8-6-14(7-9-16)11-15(12-18)17(20)19-13(3)5-2/h4,6-9,11,13H,1,5,10H2,2-3H3,(H,19,20)/b15-11+/t13-/m1/s1. The molecule has 0 heterocycles. The van der Waals surface area contributed by atoms with Crippen LogP contribution in [0.3, 0.4) is 0 Å². The van der Waals surface area contributed by atoms with Crippen molar-refractivity contribution in [3.63, 3.8) is 0 Å². The van der Waals surface area contributed by atoms with E-state index < -0.39 is 0 Å². The molecule has 110 valence electrons. The van der Waals surface area contributed by atoms with Crippen LogP contribution in [0.5, 0.6) is 5.75 Å². The van der Waals surface area contributed by atoms with E-state index in [1.807, 2.05) is 19.9 Å². The van der Waals surface area contributed by atoms with E-state index in [1.165, 1.54) is 0 Å². The summed E-state index contributed by atoms with van der Waals surface area (Å²) in [5.41, 5.74) is 0.867. The van der Waals surface area contributed by atoms with Crippen molar-refractivity contribution in [1.29, 1.82) is 5.26 Å². The van der Waals surface area contributed by atoms with Gasteiger partial charge in [0.2, 0.25) is 0 Å². The first-order valence-electron chi connectivity index (χ1n) is 6.87. The highest BCUT2D eigenvalue weighted by Crippen LogP contribution is 2.14. The van der Waals surface area contributed by atoms with Crippen LogP contribution in [-0.2, 0) is 4.79 Å². The maximum atomic E-state index is 11.9. The first-order valence-corrected chi connectivity index (χ1v) is 6.87. The number of carbonyl (C=O) groups excluding carboxylic acids is 1. The van der Waals surface area contributed by atoms with Gasteiger partial charge in [0.1, 0.15) is 24.0 Å². The molecule has 21 heavy (non-hydrogen) atoms. The van der Waals surface area contributed by atoms with Gasteiger partial charge >= 0.3 is 0 Å². The molecule has 0 unspecified atom stereocenters. The highest BCUT2D eigenvalue weighted by molar-refractivity contribution is 6.01. The summed E-state index contributed by atoms with van der Waals surface area (Å²) in [4.78, 5) is 11.9. The van der Waals surface area contributed by atoms with Gasteiger partial charge < -0.3 is 10.1 Å². The molecule has 0 aliphatic rings. The number of hydrogen-bond donors (Lipinski definition) is 1. The number of nitrogens with zero attached hydrogens (tertiary/aromatic N) is 1. The van der Waals surface area contributed by atoms with Gasteiger partial charge in [-0.3, -0.25) is 4.79 Å². The Morgan fingerprint density at radius 1 is 1.48 bits per heavy atom. The van der Waals surface area contributed by atoms with E-state index in [0.29, 0.717) is 6.61 Å². The summed E-state index contributed by atoms with van der Waals surface area (Å²) in [6, 6.07) is 9.15. The zero-order valence-corrected chi connectivity index (χ0v) is 12.4. The molecule has 0 aliphatic heterocycles. The van der Waals surface area contributed by atoms with Gasteiger partial charge in [-0.2, -0.15) is 5.26 Å². The third-order valence-corrected chi connectivity index (χ3v) is 2.91. The molecule has 1 amide bonds. The van der Waals surface area contributed by atoms with Crippen molar-refractivity contribution in [2.24, 2.45) is 0 Å².